The highest BCUT2D eigenvalue weighted by Gasteiger charge is 2.21. The number of para-hydroxylation sites is 1. The number of hydrogen-bond donors (Lipinski definition) is 0. The fraction of sp³-hybridized carbons (Fsp3) is 0. The molecule has 63 heavy (non-hydrogen) atoms. The Labute approximate surface area is 369 Å². The number of anilines is 3. The number of benzene rings is 11. The Balaban J connectivity index is 1.11. The normalized spacial score (nSPS) is 11.2. The Morgan fingerprint density at radius 3 is 1.35 bits per heavy atom. The monoisotopic (exact) mass is 801 g/mol. The number of hydrogen-bond acceptors (Lipinski definition) is 1. The smallest absolute Gasteiger partial charge is 0.0540 e. The lowest BCUT2D eigenvalue weighted by atomic mass is 9.87. The van der Waals surface area contributed by atoms with E-state index >= 15 is 0 Å². The third-order valence-electron chi connectivity index (χ3n) is 12.3. The van der Waals surface area contributed by atoms with Crippen LogP contribution >= 0.6 is 0 Å². The van der Waals surface area contributed by atoms with Crippen molar-refractivity contribution in [2.24, 2.45) is 0 Å². The maximum atomic E-state index is 2.44. The zero-order valence-corrected chi connectivity index (χ0v) is 34.8. The predicted octanol–water partition coefficient (Wildman–Crippen LogP) is 17.5. The Morgan fingerprint density at radius 1 is 0.206 bits per heavy atom. The van der Waals surface area contributed by atoms with Crippen LogP contribution in [-0.4, -0.2) is 0 Å². The van der Waals surface area contributed by atoms with Crippen LogP contribution in [0.5, 0.6) is 0 Å². The van der Waals surface area contributed by atoms with Gasteiger partial charge in [0.05, 0.1) is 5.69 Å². The zero-order chi connectivity index (χ0) is 42.0. The molecule has 0 amide bonds. The number of fused-ring (bicyclic) bond motifs is 2. The minimum absolute atomic E-state index is 1.08. The van der Waals surface area contributed by atoms with Crippen molar-refractivity contribution in [2.75, 3.05) is 4.90 Å². The van der Waals surface area contributed by atoms with Crippen LogP contribution in [0.15, 0.2) is 261 Å². The summed E-state index contributed by atoms with van der Waals surface area (Å²) in [6.45, 7) is 0. The van der Waals surface area contributed by atoms with Crippen LogP contribution in [0, 0.1) is 0 Å². The van der Waals surface area contributed by atoms with Gasteiger partial charge in [-0.25, -0.2) is 0 Å². The molecule has 0 saturated carbocycles. The van der Waals surface area contributed by atoms with Crippen LogP contribution in [0.4, 0.5) is 17.1 Å². The molecule has 0 aliphatic carbocycles. The van der Waals surface area contributed by atoms with Gasteiger partial charge in [0.1, 0.15) is 0 Å². The summed E-state index contributed by atoms with van der Waals surface area (Å²) in [7, 11) is 0. The van der Waals surface area contributed by atoms with E-state index in [1.54, 1.807) is 0 Å². The van der Waals surface area contributed by atoms with Crippen molar-refractivity contribution in [3.63, 3.8) is 0 Å². The number of rotatable bonds is 9. The molecule has 0 N–H and O–H groups in total. The second-order valence-corrected chi connectivity index (χ2v) is 16.0. The summed E-state index contributed by atoms with van der Waals surface area (Å²) in [5.41, 5.74) is 17.5. The molecule has 0 aromatic heterocycles. The second kappa shape index (κ2) is 16.7. The molecule has 1 nitrogen and oxygen atoms in total. The molecule has 0 spiro atoms. The third-order valence-corrected chi connectivity index (χ3v) is 12.3. The van der Waals surface area contributed by atoms with Crippen LogP contribution < -0.4 is 4.90 Å². The highest BCUT2D eigenvalue weighted by Crippen LogP contribution is 2.47. The van der Waals surface area contributed by atoms with Gasteiger partial charge in [0.25, 0.3) is 0 Å². The van der Waals surface area contributed by atoms with Gasteiger partial charge in [0.15, 0.2) is 0 Å². The highest BCUT2D eigenvalue weighted by molar-refractivity contribution is 6.01. The van der Waals surface area contributed by atoms with Gasteiger partial charge in [-0.1, -0.05) is 224 Å². The Bertz CT molecular complexity index is 3370. The van der Waals surface area contributed by atoms with E-state index in [1.807, 2.05) is 0 Å². The lowest BCUT2D eigenvalue weighted by molar-refractivity contribution is 1.28. The molecule has 11 aromatic rings. The molecule has 0 atom stereocenters. The Hall–Kier alpha value is -8.26. The summed E-state index contributed by atoms with van der Waals surface area (Å²) in [6.07, 6.45) is 0. The van der Waals surface area contributed by atoms with Crippen molar-refractivity contribution in [3.8, 4) is 66.8 Å². The van der Waals surface area contributed by atoms with E-state index in [9.17, 15) is 0 Å². The van der Waals surface area contributed by atoms with Gasteiger partial charge in [-0.05, 0) is 119 Å². The largest absolute Gasteiger partial charge is 0.310 e. The zero-order valence-electron chi connectivity index (χ0n) is 34.8. The summed E-state index contributed by atoms with van der Waals surface area (Å²) >= 11 is 0. The minimum Gasteiger partial charge on any atom is -0.310 e. The molecule has 296 valence electrons. The quantitative estimate of drug-likeness (QED) is 0.141. The first kappa shape index (κ1) is 37.7. The average molecular weight is 802 g/mol. The van der Waals surface area contributed by atoms with Crippen molar-refractivity contribution in [3.05, 3.63) is 261 Å². The molecule has 0 bridgehead atoms. The van der Waals surface area contributed by atoms with Gasteiger partial charge >= 0.3 is 0 Å². The molecular weight excluding hydrogens is 759 g/mol. The second-order valence-electron chi connectivity index (χ2n) is 16.0. The van der Waals surface area contributed by atoms with E-state index in [1.165, 1.54) is 77.2 Å². The van der Waals surface area contributed by atoms with E-state index in [2.05, 4.69) is 266 Å². The topological polar surface area (TPSA) is 3.24 Å². The Morgan fingerprint density at radius 2 is 0.667 bits per heavy atom. The fourth-order valence-corrected chi connectivity index (χ4v) is 9.28. The lowest BCUT2D eigenvalue weighted by Gasteiger charge is -2.29. The van der Waals surface area contributed by atoms with Gasteiger partial charge in [-0.3, -0.25) is 0 Å². The van der Waals surface area contributed by atoms with E-state index < -0.39 is 0 Å². The number of nitrogens with zero attached hydrogens (tertiary/aromatic N) is 1. The SMILES string of the molecule is c1ccc(-c2ccc(-c3ccccc3)c(-c3ccccc3-c3ccccc3N(c3ccc(-c4cccc5ccccc45)cc3)c3cccc(-c4cccc5ccccc45)c3)c2)cc1. The van der Waals surface area contributed by atoms with Crippen molar-refractivity contribution in [1.82, 2.24) is 0 Å². The average Bonchev–Trinajstić information content (AvgIpc) is 3.37. The van der Waals surface area contributed by atoms with Crippen molar-refractivity contribution in [2.45, 2.75) is 0 Å². The van der Waals surface area contributed by atoms with E-state index in [0.29, 0.717) is 0 Å². The molecule has 11 aromatic carbocycles. The molecule has 0 unspecified atom stereocenters. The molecular formula is C62H43N. The van der Waals surface area contributed by atoms with Crippen LogP contribution in [0.25, 0.3) is 88.3 Å². The molecule has 0 aliphatic rings. The lowest BCUT2D eigenvalue weighted by Crippen LogP contribution is -2.11. The summed E-state index contributed by atoms with van der Waals surface area (Å²) in [5.74, 6) is 0. The Kier molecular flexibility index (Phi) is 9.97. The van der Waals surface area contributed by atoms with Crippen LogP contribution in [0.2, 0.25) is 0 Å². The van der Waals surface area contributed by atoms with Crippen molar-refractivity contribution < 1.29 is 0 Å². The summed E-state index contributed by atoms with van der Waals surface area (Å²) in [5, 5.41) is 4.96. The molecule has 0 saturated heterocycles. The van der Waals surface area contributed by atoms with Gasteiger partial charge in [0.2, 0.25) is 0 Å². The molecule has 11 rings (SSSR count). The summed E-state index contributed by atoms with van der Waals surface area (Å²) < 4.78 is 0. The van der Waals surface area contributed by atoms with Gasteiger partial charge in [0, 0.05) is 16.9 Å². The predicted molar refractivity (Wildman–Crippen MR) is 269 cm³/mol. The van der Waals surface area contributed by atoms with Crippen molar-refractivity contribution in [1.29, 1.82) is 0 Å². The third kappa shape index (κ3) is 7.26. The summed E-state index contributed by atoms with van der Waals surface area (Å²) in [4.78, 5) is 2.44. The standard InChI is InChI=1S/C62H43N/c1-3-18-44(19-4-1)49-38-41-57(45-20-5-2-6-21-45)61(43-49)59-31-12-11-30-58(59)60-32-13-14-35-62(60)63(51-39-36-48(37-40-51)55-33-16-24-46-22-7-9-28-53(46)55)52-27-15-26-50(42-52)56-34-17-25-47-23-8-10-29-54(47)56/h1-43H. The minimum atomic E-state index is 1.08. The van der Waals surface area contributed by atoms with E-state index in [4.69, 9.17) is 0 Å². The van der Waals surface area contributed by atoms with E-state index in [-0.39, 0.29) is 0 Å². The molecule has 1 heteroatoms. The first-order valence-electron chi connectivity index (χ1n) is 21.7. The molecule has 0 radical (unpaired) electrons. The maximum absolute atomic E-state index is 2.44. The first-order valence-corrected chi connectivity index (χ1v) is 21.7. The first-order chi connectivity index (χ1) is 31.3. The summed E-state index contributed by atoms with van der Waals surface area (Å²) in [6, 6.07) is 94.8. The van der Waals surface area contributed by atoms with E-state index in [0.717, 1.165) is 28.2 Å². The van der Waals surface area contributed by atoms with Gasteiger partial charge in [-0.2, -0.15) is 0 Å². The van der Waals surface area contributed by atoms with Crippen LogP contribution in [0.1, 0.15) is 0 Å². The molecule has 0 aliphatic heterocycles. The van der Waals surface area contributed by atoms with Gasteiger partial charge in [-0.15, -0.1) is 0 Å². The maximum Gasteiger partial charge on any atom is 0.0540 e. The van der Waals surface area contributed by atoms with Crippen LogP contribution in [-0.2, 0) is 0 Å². The molecule has 0 heterocycles. The van der Waals surface area contributed by atoms with Crippen molar-refractivity contribution >= 4 is 38.6 Å². The fourth-order valence-electron chi connectivity index (χ4n) is 9.28. The van der Waals surface area contributed by atoms with Crippen LogP contribution in [0.3, 0.4) is 0 Å². The van der Waals surface area contributed by atoms with Gasteiger partial charge < -0.3 is 4.90 Å². The molecule has 0 fully saturated rings. The highest BCUT2D eigenvalue weighted by atomic mass is 15.1.